The summed E-state index contributed by atoms with van der Waals surface area (Å²) in [5, 5.41) is 8.14. The molecular formula is C21H25Cl2N5O4S2. The van der Waals surface area contributed by atoms with Gasteiger partial charge in [-0.1, -0.05) is 41.0 Å². The van der Waals surface area contributed by atoms with Gasteiger partial charge in [0.2, 0.25) is 17.7 Å². The number of carbonyl (C=O) groups excluding carboxylic acids is 3. The van der Waals surface area contributed by atoms with E-state index in [2.05, 4.69) is 20.5 Å². The highest BCUT2D eigenvalue weighted by atomic mass is 35.5. The first-order valence-corrected chi connectivity index (χ1v) is 13.1. The number of thiazole rings is 1. The lowest BCUT2D eigenvalue weighted by molar-refractivity contribution is -0.124. The molecule has 4 N–H and O–H groups in total. The number of hydrogen-bond acceptors (Lipinski definition) is 8. The number of aromatic nitrogens is 1. The van der Waals surface area contributed by atoms with Crippen LogP contribution in [-0.2, 0) is 32.1 Å². The smallest absolute Gasteiger partial charge is 0.236 e. The topological polar surface area (TPSA) is 127 Å². The third-order valence-corrected chi connectivity index (χ3v) is 7.61. The van der Waals surface area contributed by atoms with Crippen molar-refractivity contribution in [2.75, 3.05) is 38.5 Å². The Morgan fingerprint density at radius 1 is 1.24 bits per heavy atom. The number of nitrogens with two attached hydrogens (primary N) is 1. The maximum atomic E-state index is 12.3. The van der Waals surface area contributed by atoms with Crippen molar-refractivity contribution in [3.05, 3.63) is 44.9 Å². The van der Waals surface area contributed by atoms with Crippen LogP contribution in [0, 0.1) is 0 Å². The summed E-state index contributed by atoms with van der Waals surface area (Å²) >= 11 is 14.7. The first kappa shape index (κ1) is 26.7. The molecule has 0 bridgehead atoms. The molecule has 0 saturated carbocycles. The highest BCUT2D eigenvalue weighted by Crippen LogP contribution is 2.24. The zero-order valence-electron chi connectivity index (χ0n) is 18.2. The molecule has 1 atom stereocenters. The van der Waals surface area contributed by atoms with E-state index in [9.17, 15) is 14.4 Å². The van der Waals surface area contributed by atoms with E-state index < -0.39 is 5.91 Å². The fourth-order valence-electron chi connectivity index (χ4n) is 3.20. The van der Waals surface area contributed by atoms with Crippen molar-refractivity contribution >= 4 is 64.0 Å². The summed E-state index contributed by atoms with van der Waals surface area (Å²) in [6.45, 7) is 3.02. The number of hydrogen-bond donors (Lipinski definition) is 3. The van der Waals surface area contributed by atoms with Gasteiger partial charge in [0.15, 0.2) is 4.34 Å². The van der Waals surface area contributed by atoms with Crippen LogP contribution in [0.15, 0.2) is 27.9 Å². The van der Waals surface area contributed by atoms with E-state index in [1.165, 1.54) is 23.1 Å². The van der Waals surface area contributed by atoms with E-state index in [0.717, 1.165) is 18.7 Å². The molecule has 13 heteroatoms. The van der Waals surface area contributed by atoms with Gasteiger partial charge in [-0.2, -0.15) is 0 Å². The fourth-order valence-corrected chi connectivity index (χ4v) is 5.19. The molecule has 3 amide bonds. The summed E-state index contributed by atoms with van der Waals surface area (Å²) in [7, 11) is 0. The Morgan fingerprint density at radius 3 is 2.82 bits per heavy atom. The third kappa shape index (κ3) is 9.05. The number of thioether (sulfide) groups is 1. The lowest BCUT2D eigenvalue weighted by atomic mass is 10.2. The Hall–Kier alpha value is -1.89. The minimum Gasteiger partial charge on any atom is -0.374 e. The molecule has 1 aliphatic rings. The molecule has 1 aliphatic heterocycles. The van der Waals surface area contributed by atoms with Crippen molar-refractivity contribution in [3.8, 4) is 0 Å². The van der Waals surface area contributed by atoms with Gasteiger partial charge >= 0.3 is 0 Å². The molecule has 1 aromatic carbocycles. The van der Waals surface area contributed by atoms with E-state index >= 15 is 0 Å². The molecule has 1 fully saturated rings. The number of amides is 3. The Labute approximate surface area is 215 Å². The van der Waals surface area contributed by atoms with Crippen LogP contribution in [0.2, 0.25) is 10.0 Å². The van der Waals surface area contributed by atoms with Crippen molar-refractivity contribution < 1.29 is 19.1 Å². The van der Waals surface area contributed by atoms with Crippen LogP contribution < -0.4 is 16.4 Å². The average Bonchev–Trinajstić information content (AvgIpc) is 3.25. The third-order valence-electron chi connectivity index (χ3n) is 4.80. The predicted molar refractivity (Wildman–Crippen MR) is 133 cm³/mol. The number of primary amides is 1. The second-order valence-corrected chi connectivity index (χ2v) is 10.5. The van der Waals surface area contributed by atoms with E-state index in [-0.39, 0.29) is 36.6 Å². The summed E-state index contributed by atoms with van der Waals surface area (Å²) in [5.74, 6) is -0.850. The highest BCUT2D eigenvalue weighted by Gasteiger charge is 2.21. The summed E-state index contributed by atoms with van der Waals surface area (Å²) < 4.78 is 6.48. The molecule has 2 aromatic rings. The van der Waals surface area contributed by atoms with Crippen LogP contribution in [0.3, 0.4) is 0 Å². The normalized spacial score (nSPS) is 16.2. The fraction of sp³-hybridized carbons (Fsp3) is 0.429. The molecule has 0 unspecified atom stereocenters. The Bertz CT molecular complexity index is 1020. The average molecular weight is 547 g/mol. The minimum absolute atomic E-state index is 0.0499. The second-order valence-electron chi connectivity index (χ2n) is 7.59. The van der Waals surface area contributed by atoms with E-state index in [1.54, 1.807) is 11.4 Å². The van der Waals surface area contributed by atoms with Crippen molar-refractivity contribution in [3.63, 3.8) is 0 Å². The number of halogens is 2. The molecule has 1 saturated heterocycles. The van der Waals surface area contributed by atoms with Gasteiger partial charge in [-0.15, -0.1) is 11.3 Å². The number of nitrogens with one attached hydrogen (secondary N) is 2. The Kier molecular flexibility index (Phi) is 10.4. The van der Waals surface area contributed by atoms with Crippen molar-refractivity contribution in [1.29, 1.82) is 0 Å². The highest BCUT2D eigenvalue weighted by molar-refractivity contribution is 8.01. The maximum Gasteiger partial charge on any atom is 0.236 e. The summed E-state index contributed by atoms with van der Waals surface area (Å²) in [6, 6.07) is 5.61. The van der Waals surface area contributed by atoms with E-state index in [0.29, 0.717) is 39.8 Å². The van der Waals surface area contributed by atoms with Gasteiger partial charge in [0, 0.05) is 31.6 Å². The second kappa shape index (κ2) is 13.3. The molecule has 0 radical (unpaired) electrons. The lowest BCUT2D eigenvalue weighted by Crippen LogP contribution is -2.47. The maximum absolute atomic E-state index is 12.3. The first-order chi connectivity index (χ1) is 16.3. The molecule has 9 nitrogen and oxygen atoms in total. The number of ether oxygens (including phenoxy) is 1. The summed E-state index contributed by atoms with van der Waals surface area (Å²) in [6.07, 6.45) is -0.0512. The van der Waals surface area contributed by atoms with Gasteiger partial charge in [-0.3, -0.25) is 19.3 Å². The number of morpholine rings is 1. The van der Waals surface area contributed by atoms with Gasteiger partial charge in [0.25, 0.3) is 0 Å². The quantitative estimate of drug-likeness (QED) is 0.366. The van der Waals surface area contributed by atoms with Crippen molar-refractivity contribution in [2.45, 2.75) is 23.4 Å². The van der Waals surface area contributed by atoms with Crippen molar-refractivity contribution in [2.24, 2.45) is 5.73 Å². The van der Waals surface area contributed by atoms with Crippen molar-refractivity contribution in [1.82, 2.24) is 20.5 Å². The van der Waals surface area contributed by atoms with Crippen LogP contribution in [0.1, 0.15) is 11.3 Å². The van der Waals surface area contributed by atoms with Crippen LogP contribution in [-0.4, -0.2) is 72.2 Å². The van der Waals surface area contributed by atoms with Crippen LogP contribution in [0.25, 0.3) is 0 Å². The molecule has 0 aliphatic carbocycles. The van der Waals surface area contributed by atoms with Gasteiger partial charge < -0.3 is 21.1 Å². The monoisotopic (exact) mass is 545 g/mol. The number of carbonyl (C=O) groups is 3. The van der Waals surface area contributed by atoms with Crippen LogP contribution in [0.4, 0.5) is 0 Å². The zero-order valence-corrected chi connectivity index (χ0v) is 21.4. The molecular weight excluding hydrogens is 521 g/mol. The predicted octanol–water partition coefficient (Wildman–Crippen LogP) is 1.70. The molecule has 184 valence electrons. The molecule has 3 rings (SSSR count). The molecule has 1 aromatic heterocycles. The first-order valence-electron chi connectivity index (χ1n) is 10.4. The largest absolute Gasteiger partial charge is 0.374 e. The molecule has 0 spiro atoms. The summed E-state index contributed by atoms with van der Waals surface area (Å²) in [5.41, 5.74) is 6.65. The number of benzene rings is 1. The van der Waals surface area contributed by atoms with Crippen LogP contribution >= 0.6 is 46.3 Å². The van der Waals surface area contributed by atoms with Gasteiger partial charge in [0.05, 0.1) is 47.2 Å². The van der Waals surface area contributed by atoms with E-state index in [1.807, 2.05) is 12.1 Å². The van der Waals surface area contributed by atoms with Crippen LogP contribution in [0.5, 0.6) is 0 Å². The Balaban J connectivity index is 1.36. The van der Waals surface area contributed by atoms with Gasteiger partial charge in [0.1, 0.15) is 0 Å². The SMILES string of the molecule is NC(=O)CNC(=O)Cc1csc(SCC(=O)NC[C@H]2CN(Cc3ccc(Cl)c(Cl)c3)CCO2)n1. The Morgan fingerprint density at radius 2 is 2.06 bits per heavy atom. The summed E-state index contributed by atoms with van der Waals surface area (Å²) in [4.78, 5) is 41.3. The van der Waals surface area contributed by atoms with Gasteiger partial charge in [-0.25, -0.2) is 4.98 Å². The standard InChI is InChI=1S/C21H25Cl2N5O4S2/c22-16-2-1-13(5-17(16)23)9-28-3-4-32-15(10-28)7-25-20(31)12-34-21-27-14(11-33-21)6-19(30)26-8-18(24)29/h1-2,5,11,15H,3-4,6-10,12H2,(H2,24,29)(H,25,31)(H,26,30)/t15-/m0/s1. The molecule has 34 heavy (non-hydrogen) atoms. The number of rotatable bonds is 11. The molecule has 2 heterocycles. The zero-order chi connectivity index (χ0) is 24.5. The van der Waals surface area contributed by atoms with Gasteiger partial charge in [-0.05, 0) is 17.7 Å². The lowest BCUT2D eigenvalue weighted by Gasteiger charge is -2.33. The van der Waals surface area contributed by atoms with E-state index in [4.69, 9.17) is 33.7 Å². The number of nitrogens with zero attached hydrogens (tertiary/aromatic N) is 2. The minimum atomic E-state index is -0.605.